The maximum Gasteiger partial charge on any atom is 0.328 e. The van der Waals surface area contributed by atoms with Crippen LogP contribution in [0, 0.1) is 6.92 Å². The number of carbonyl (C=O) groups is 1. The van der Waals surface area contributed by atoms with Crippen molar-refractivity contribution < 1.29 is 17.9 Å². The fourth-order valence-electron chi connectivity index (χ4n) is 4.04. The van der Waals surface area contributed by atoms with Gasteiger partial charge in [-0.1, -0.05) is 56.3 Å². The van der Waals surface area contributed by atoms with Gasteiger partial charge in [-0.2, -0.15) is 0 Å². The van der Waals surface area contributed by atoms with Crippen LogP contribution in [0.3, 0.4) is 0 Å². The number of nitrogens with one attached hydrogen (secondary N) is 2. The van der Waals surface area contributed by atoms with Crippen LogP contribution in [0.25, 0.3) is 11.1 Å². The van der Waals surface area contributed by atoms with Crippen molar-refractivity contribution >= 4 is 33.3 Å². The summed E-state index contributed by atoms with van der Waals surface area (Å²) in [5.41, 5.74) is 3.89. The molecule has 0 atom stereocenters. The van der Waals surface area contributed by atoms with E-state index in [1.54, 1.807) is 18.2 Å². The lowest BCUT2D eigenvalue weighted by molar-refractivity contribution is 0.246. The van der Waals surface area contributed by atoms with Crippen molar-refractivity contribution in [3.8, 4) is 11.1 Å². The van der Waals surface area contributed by atoms with Gasteiger partial charge in [0.05, 0.1) is 17.2 Å². The summed E-state index contributed by atoms with van der Waals surface area (Å²) < 4.78 is 35.7. The molecule has 0 aliphatic heterocycles. The molecular formula is C27H34N4O4S2. The van der Waals surface area contributed by atoms with Crippen molar-refractivity contribution in [2.24, 2.45) is 0 Å². The van der Waals surface area contributed by atoms with Gasteiger partial charge in [-0.05, 0) is 56.1 Å². The third-order valence-electron chi connectivity index (χ3n) is 5.71. The third-order valence-corrected chi connectivity index (χ3v) is 7.41. The highest BCUT2D eigenvalue weighted by molar-refractivity contribution is 7.90. The summed E-state index contributed by atoms with van der Waals surface area (Å²) in [4.78, 5) is 16.8. The molecule has 0 fully saturated rings. The van der Waals surface area contributed by atoms with Crippen molar-refractivity contribution in [2.45, 2.75) is 58.4 Å². The van der Waals surface area contributed by atoms with Gasteiger partial charge in [0.1, 0.15) is 11.5 Å². The summed E-state index contributed by atoms with van der Waals surface area (Å²) in [6, 6.07) is 13.6. The van der Waals surface area contributed by atoms with Crippen LogP contribution in [0.5, 0.6) is 0 Å². The molecular weight excluding hydrogens is 508 g/mol. The minimum Gasteiger partial charge on any atom is -0.482 e. The second-order valence-corrected chi connectivity index (χ2v) is 10.6. The van der Waals surface area contributed by atoms with Crippen LogP contribution in [-0.4, -0.2) is 42.2 Å². The van der Waals surface area contributed by atoms with Crippen molar-refractivity contribution in [1.29, 1.82) is 0 Å². The van der Waals surface area contributed by atoms with Crippen LogP contribution in [-0.2, 0) is 27.7 Å². The number of nitrogens with zero attached hydrogens (tertiary/aromatic N) is 2. The molecule has 0 aliphatic rings. The summed E-state index contributed by atoms with van der Waals surface area (Å²) in [5.74, 6) is 0.949. The minimum absolute atomic E-state index is 0.0363. The Morgan fingerprint density at radius 1 is 1.05 bits per heavy atom. The number of benzene rings is 2. The van der Waals surface area contributed by atoms with Gasteiger partial charge in [-0.3, -0.25) is 0 Å². The van der Waals surface area contributed by atoms with E-state index in [4.69, 9.17) is 21.9 Å². The topological polar surface area (TPSA) is 102 Å². The second-order valence-electron chi connectivity index (χ2n) is 8.57. The molecule has 0 spiro atoms. The highest BCUT2D eigenvalue weighted by Gasteiger charge is 2.22. The Kier molecular flexibility index (Phi) is 9.82. The maximum absolute atomic E-state index is 13.0. The molecule has 0 saturated carbocycles. The maximum atomic E-state index is 13.0. The first-order valence-corrected chi connectivity index (χ1v) is 14.3. The largest absolute Gasteiger partial charge is 0.482 e. The average molecular weight is 543 g/mol. The molecule has 0 unspecified atom stereocenters. The number of thiocarbonyl (C=S) groups is 1. The predicted molar refractivity (Wildman–Crippen MR) is 149 cm³/mol. The van der Waals surface area contributed by atoms with Crippen molar-refractivity contribution in [3.05, 3.63) is 71.3 Å². The summed E-state index contributed by atoms with van der Waals surface area (Å²) in [5, 5.41) is 2.96. The Hall–Kier alpha value is -3.24. The molecule has 3 aromatic rings. The number of sulfonamides is 1. The van der Waals surface area contributed by atoms with E-state index in [9.17, 15) is 13.2 Å². The van der Waals surface area contributed by atoms with E-state index in [0.717, 1.165) is 41.2 Å². The second kappa shape index (κ2) is 12.8. The number of ether oxygens (including phenoxy) is 1. The molecule has 198 valence electrons. The fourth-order valence-corrected chi connectivity index (χ4v) is 5.57. The molecule has 2 amide bonds. The summed E-state index contributed by atoms with van der Waals surface area (Å²) in [6.07, 6.45) is 2.47. The van der Waals surface area contributed by atoms with Gasteiger partial charge >= 0.3 is 6.03 Å². The molecule has 1 heterocycles. The zero-order valence-electron chi connectivity index (χ0n) is 21.7. The molecule has 0 saturated heterocycles. The van der Waals surface area contributed by atoms with Gasteiger partial charge in [-0.25, -0.2) is 22.9 Å². The molecule has 10 heteroatoms. The highest BCUT2D eigenvalue weighted by Crippen LogP contribution is 2.28. The minimum atomic E-state index is -4.06. The van der Waals surface area contributed by atoms with Crippen LogP contribution in [0.2, 0.25) is 0 Å². The van der Waals surface area contributed by atoms with Crippen LogP contribution in [0.4, 0.5) is 4.79 Å². The van der Waals surface area contributed by atoms with Crippen molar-refractivity contribution in [2.75, 3.05) is 13.2 Å². The summed E-state index contributed by atoms with van der Waals surface area (Å²) >= 11 is 5.52. The Bertz CT molecular complexity index is 1350. The number of aryl methyl sites for hydroxylation is 2. The Labute approximate surface area is 224 Å². The molecule has 2 N–H and O–H groups in total. The number of aromatic nitrogens is 2. The summed E-state index contributed by atoms with van der Waals surface area (Å²) in [7, 11) is -4.06. The standard InChI is InChI=1S/C27H34N4O4S2/c1-5-10-24-29-19(4)25(26(36)35-7-3)31(24)18-20-13-15-21(16-14-20)22-11-8-9-12-23(22)37(33,34)30-27(32)28-17-6-2/h8-9,11-16H,5-7,10,17-18H2,1-4H3,(H2,28,30,32). The zero-order valence-corrected chi connectivity index (χ0v) is 23.3. The van der Waals surface area contributed by atoms with Crippen LogP contribution in [0.15, 0.2) is 53.4 Å². The first-order valence-electron chi connectivity index (χ1n) is 12.4. The normalized spacial score (nSPS) is 11.2. The van der Waals surface area contributed by atoms with Gasteiger partial charge < -0.3 is 14.6 Å². The molecule has 37 heavy (non-hydrogen) atoms. The smallest absolute Gasteiger partial charge is 0.328 e. The molecule has 8 nitrogen and oxygen atoms in total. The van der Waals surface area contributed by atoms with Crippen molar-refractivity contribution in [3.63, 3.8) is 0 Å². The van der Waals surface area contributed by atoms with E-state index >= 15 is 0 Å². The van der Waals surface area contributed by atoms with Crippen LogP contribution < -0.4 is 10.0 Å². The fraction of sp³-hybridized carbons (Fsp3) is 0.370. The molecule has 0 aliphatic carbocycles. The van der Waals surface area contributed by atoms with Gasteiger partial charge in [0.2, 0.25) is 5.05 Å². The molecule has 0 bridgehead atoms. The van der Waals surface area contributed by atoms with E-state index in [-0.39, 0.29) is 4.90 Å². The lowest BCUT2D eigenvalue weighted by Gasteiger charge is -2.15. The van der Waals surface area contributed by atoms with Crippen LogP contribution in [0.1, 0.15) is 56.4 Å². The van der Waals surface area contributed by atoms with E-state index in [0.29, 0.717) is 36.7 Å². The van der Waals surface area contributed by atoms with Crippen molar-refractivity contribution in [1.82, 2.24) is 19.6 Å². The van der Waals surface area contributed by atoms with Gasteiger partial charge in [0.15, 0.2) is 0 Å². The Morgan fingerprint density at radius 3 is 2.41 bits per heavy atom. The van der Waals surface area contributed by atoms with E-state index in [2.05, 4.69) is 21.5 Å². The molecule has 1 aromatic heterocycles. The van der Waals surface area contributed by atoms with Gasteiger partial charge in [0.25, 0.3) is 10.0 Å². The number of rotatable bonds is 11. The zero-order chi connectivity index (χ0) is 27.0. The van der Waals surface area contributed by atoms with Crippen LogP contribution >= 0.6 is 12.2 Å². The van der Waals surface area contributed by atoms with Gasteiger partial charge in [-0.15, -0.1) is 0 Å². The Morgan fingerprint density at radius 2 is 1.76 bits per heavy atom. The lowest BCUT2D eigenvalue weighted by Crippen LogP contribution is -2.39. The number of amides is 2. The number of hydrogen-bond acceptors (Lipinski definition) is 6. The molecule has 2 aromatic carbocycles. The third kappa shape index (κ3) is 6.95. The average Bonchev–Trinajstić information content (AvgIpc) is 3.17. The molecule has 3 rings (SSSR count). The monoisotopic (exact) mass is 542 g/mol. The number of hydrogen-bond donors (Lipinski definition) is 2. The number of imidazole rings is 1. The lowest BCUT2D eigenvalue weighted by atomic mass is 10.0. The van der Waals surface area contributed by atoms with E-state index < -0.39 is 16.1 Å². The van der Waals surface area contributed by atoms with E-state index in [1.165, 1.54) is 6.07 Å². The highest BCUT2D eigenvalue weighted by atomic mass is 32.2. The predicted octanol–water partition coefficient (Wildman–Crippen LogP) is 4.97. The summed E-state index contributed by atoms with van der Waals surface area (Å²) in [6.45, 7) is 9.26. The SMILES string of the molecule is CCCNC(=O)NS(=O)(=O)c1ccccc1-c1ccc(Cn2c(CCC)nc(C)c2C(=S)OCC)cc1. The van der Waals surface area contributed by atoms with Gasteiger partial charge in [0, 0.05) is 25.1 Å². The first kappa shape index (κ1) is 28.3. The molecule has 0 radical (unpaired) electrons. The quantitative estimate of drug-likeness (QED) is 0.332. The first-order chi connectivity index (χ1) is 17.7. The number of carbonyl (C=O) groups excluding carboxylic acids is 1. The number of urea groups is 1. The van der Waals surface area contributed by atoms with E-state index in [1.807, 2.05) is 45.0 Å². The Balaban J connectivity index is 1.91.